The second-order valence-electron chi connectivity index (χ2n) is 3.70. The molecule has 0 spiro atoms. The predicted octanol–water partition coefficient (Wildman–Crippen LogP) is 2.41. The Balaban J connectivity index is 2.32. The fourth-order valence-electron chi connectivity index (χ4n) is 1.55. The molecule has 0 radical (unpaired) electrons. The Hall–Kier alpha value is -0.400. The van der Waals surface area contributed by atoms with Crippen LogP contribution in [0.2, 0.25) is 0 Å². The zero-order valence-corrected chi connectivity index (χ0v) is 9.16. The summed E-state index contributed by atoms with van der Waals surface area (Å²) in [5.41, 5.74) is 0.561. The summed E-state index contributed by atoms with van der Waals surface area (Å²) in [7, 11) is -0.495. The molecule has 1 aromatic rings. The summed E-state index contributed by atoms with van der Waals surface area (Å²) in [4.78, 5) is 4.34. The highest BCUT2D eigenvalue weighted by Gasteiger charge is 2.27. The van der Waals surface area contributed by atoms with Gasteiger partial charge < -0.3 is 4.52 Å². The van der Waals surface area contributed by atoms with Gasteiger partial charge in [0.15, 0.2) is 0 Å². The van der Waals surface area contributed by atoms with Crippen LogP contribution in [0.1, 0.15) is 26.6 Å². The monoisotopic (exact) mass is 198 g/mol. The van der Waals surface area contributed by atoms with Crippen molar-refractivity contribution in [2.45, 2.75) is 39.0 Å². The number of rotatable bonds is 1. The van der Waals surface area contributed by atoms with Crippen LogP contribution < -0.4 is 0 Å². The minimum Gasteiger partial charge on any atom is -0.335 e. The molecule has 1 aliphatic heterocycles. The molecule has 0 bridgehead atoms. The van der Waals surface area contributed by atoms with Crippen LogP contribution in [0.25, 0.3) is 0 Å². The molecule has 13 heavy (non-hydrogen) atoms. The van der Waals surface area contributed by atoms with Gasteiger partial charge in [-0.05, 0) is 6.92 Å². The number of imidazole rings is 1. The lowest BCUT2D eigenvalue weighted by Crippen LogP contribution is -2.22. The van der Waals surface area contributed by atoms with Crippen LogP contribution in [0.4, 0.5) is 0 Å². The van der Waals surface area contributed by atoms with Crippen molar-refractivity contribution in [3.8, 4) is 0 Å². The summed E-state index contributed by atoms with van der Waals surface area (Å²) < 4.78 is 8.13. The Bertz CT molecular complexity index is 298. The molecule has 0 saturated heterocycles. The molecule has 2 heterocycles. The largest absolute Gasteiger partial charge is 0.335 e. The number of aromatic nitrogens is 2. The first-order valence-corrected chi connectivity index (χ1v) is 5.95. The molecule has 72 valence electrons. The van der Waals surface area contributed by atoms with Gasteiger partial charge in [-0.25, -0.2) is 4.98 Å². The van der Waals surface area contributed by atoms with Crippen molar-refractivity contribution in [1.29, 1.82) is 0 Å². The summed E-state index contributed by atoms with van der Waals surface area (Å²) >= 11 is 0. The van der Waals surface area contributed by atoms with Gasteiger partial charge in [0.2, 0.25) is 0 Å². The molecule has 0 aliphatic carbocycles. The molecule has 0 amide bonds. The van der Waals surface area contributed by atoms with E-state index in [1.165, 1.54) is 5.82 Å². The molecule has 1 aromatic heterocycles. The minimum atomic E-state index is -0.495. The van der Waals surface area contributed by atoms with E-state index in [1.807, 2.05) is 12.4 Å². The molecule has 0 aromatic carbocycles. The first-order chi connectivity index (χ1) is 6.18. The van der Waals surface area contributed by atoms with E-state index in [9.17, 15) is 0 Å². The van der Waals surface area contributed by atoms with Gasteiger partial charge in [-0.2, -0.15) is 0 Å². The van der Waals surface area contributed by atoms with Crippen LogP contribution >= 0.6 is 8.30 Å². The van der Waals surface area contributed by atoms with Crippen molar-refractivity contribution in [2.75, 3.05) is 0 Å². The van der Waals surface area contributed by atoms with Gasteiger partial charge in [-0.1, -0.05) is 13.8 Å². The van der Waals surface area contributed by atoms with Crippen molar-refractivity contribution in [3.05, 3.63) is 18.2 Å². The van der Waals surface area contributed by atoms with Crippen LogP contribution in [0.15, 0.2) is 12.4 Å². The van der Waals surface area contributed by atoms with E-state index in [0.29, 0.717) is 11.8 Å². The summed E-state index contributed by atoms with van der Waals surface area (Å²) in [6, 6.07) is 0. The third-order valence-electron chi connectivity index (χ3n) is 2.11. The van der Waals surface area contributed by atoms with Gasteiger partial charge in [0, 0.05) is 24.5 Å². The molecular weight excluding hydrogens is 183 g/mol. The fourth-order valence-corrected chi connectivity index (χ4v) is 3.39. The van der Waals surface area contributed by atoms with Crippen molar-refractivity contribution in [1.82, 2.24) is 9.32 Å². The van der Waals surface area contributed by atoms with E-state index < -0.39 is 8.30 Å². The SMILES string of the molecule is CC(C)P1O[C@H](C)Cc2nccn21. The molecule has 0 fully saturated rings. The zero-order valence-electron chi connectivity index (χ0n) is 8.27. The van der Waals surface area contributed by atoms with E-state index in [0.717, 1.165) is 6.42 Å². The molecule has 2 rings (SSSR count). The van der Waals surface area contributed by atoms with E-state index in [2.05, 4.69) is 30.1 Å². The highest BCUT2D eigenvalue weighted by atomic mass is 31.2. The van der Waals surface area contributed by atoms with Crippen LogP contribution in [0, 0.1) is 0 Å². The zero-order chi connectivity index (χ0) is 9.42. The quantitative estimate of drug-likeness (QED) is 0.648. The average Bonchev–Trinajstić information content (AvgIpc) is 2.49. The smallest absolute Gasteiger partial charge is 0.140 e. The Labute approximate surface area is 80.0 Å². The Morgan fingerprint density at radius 1 is 1.69 bits per heavy atom. The number of nitrogens with zero attached hydrogens (tertiary/aromatic N) is 2. The highest BCUT2D eigenvalue weighted by molar-refractivity contribution is 7.51. The molecule has 2 atom stereocenters. The maximum absolute atomic E-state index is 5.92. The lowest BCUT2D eigenvalue weighted by molar-refractivity contribution is 0.225. The molecule has 4 heteroatoms. The van der Waals surface area contributed by atoms with Crippen LogP contribution in [-0.2, 0) is 10.9 Å². The van der Waals surface area contributed by atoms with Crippen molar-refractivity contribution in [2.24, 2.45) is 0 Å². The van der Waals surface area contributed by atoms with E-state index in [1.54, 1.807) is 0 Å². The molecule has 0 saturated carbocycles. The summed E-state index contributed by atoms with van der Waals surface area (Å²) in [5.74, 6) is 1.18. The first-order valence-electron chi connectivity index (χ1n) is 4.67. The van der Waals surface area contributed by atoms with Gasteiger partial charge in [0.1, 0.15) is 14.1 Å². The second kappa shape index (κ2) is 3.39. The van der Waals surface area contributed by atoms with E-state index in [4.69, 9.17) is 4.52 Å². The van der Waals surface area contributed by atoms with Crippen molar-refractivity contribution in [3.63, 3.8) is 0 Å². The van der Waals surface area contributed by atoms with Crippen LogP contribution in [0.5, 0.6) is 0 Å². The van der Waals surface area contributed by atoms with E-state index >= 15 is 0 Å². The van der Waals surface area contributed by atoms with Crippen molar-refractivity contribution >= 4 is 8.30 Å². The van der Waals surface area contributed by atoms with Gasteiger partial charge in [0.05, 0.1) is 6.10 Å². The minimum absolute atomic E-state index is 0.323. The maximum atomic E-state index is 5.92. The number of hydrogen-bond acceptors (Lipinski definition) is 2. The van der Waals surface area contributed by atoms with E-state index in [-0.39, 0.29) is 0 Å². The Kier molecular flexibility index (Phi) is 2.39. The third kappa shape index (κ3) is 1.63. The Morgan fingerprint density at radius 2 is 2.46 bits per heavy atom. The fraction of sp³-hybridized carbons (Fsp3) is 0.667. The van der Waals surface area contributed by atoms with Gasteiger partial charge in [0.25, 0.3) is 0 Å². The highest BCUT2D eigenvalue weighted by Crippen LogP contribution is 2.48. The lowest BCUT2D eigenvalue weighted by atomic mass is 10.3. The van der Waals surface area contributed by atoms with Gasteiger partial charge in [-0.3, -0.25) is 4.34 Å². The third-order valence-corrected chi connectivity index (χ3v) is 4.36. The Morgan fingerprint density at radius 3 is 3.15 bits per heavy atom. The number of hydrogen-bond donors (Lipinski definition) is 0. The standard InChI is InChI=1S/C9H15N2OP/c1-7(2)13-11-5-4-10-9(11)6-8(3)12-13/h4-5,7-8H,6H2,1-3H3/t8-,13?/m1/s1. The maximum Gasteiger partial charge on any atom is 0.140 e. The van der Waals surface area contributed by atoms with Crippen LogP contribution in [-0.4, -0.2) is 21.1 Å². The lowest BCUT2D eigenvalue weighted by Gasteiger charge is -2.31. The molecular formula is C9H15N2OP. The predicted molar refractivity (Wildman–Crippen MR) is 53.9 cm³/mol. The normalized spacial score (nSPS) is 27.7. The molecule has 0 N–H and O–H groups in total. The summed E-state index contributed by atoms with van der Waals surface area (Å²) in [6.45, 7) is 6.52. The summed E-state index contributed by atoms with van der Waals surface area (Å²) in [6.07, 6.45) is 5.17. The second-order valence-corrected chi connectivity index (χ2v) is 5.98. The topological polar surface area (TPSA) is 27.1 Å². The number of fused-ring (bicyclic) bond motifs is 1. The average molecular weight is 198 g/mol. The van der Waals surface area contributed by atoms with Crippen LogP contribution in [0.3, 0.4) is 0 Å². The van der Waals surface area contributed by atoms with Crippen molar-refractivity contribution < 1.29 is 4.52 Å². The molecule has 1 unspecified atom stereocenters. The van der Waals surface area contributed by atoms with Gasteiger partial charge >= 0.3 is 0 Å². The molecule has 1 aliphatic rings. The summed E-state index contributed by atoms with van der Waals surface area (Å²) in [5, 5.41) is 0. The van der Waals surface area contributed by atoms with Gasteiger partial charge in [-0.15, -0.1) is 0 Å². The molecule has 3 nitrogen and oxygen atoms in total. The first kappa shape index (κ1) is 9.17.